The molecule has 0 amide bonds. The molecular weight excluding hydrogens is 322 g/mol. The second-order valence-electron chi connectivity index (χ2n) is 6.60. The van der Waals surface area contributed by atoms with E-state index < -0.39 is 10.0 Å². The summed E-state index contributed by atoms with van der Waals surface area (Å²) in [5.74, 6) is 0.357. The van der Waals surface area contributed by atoms with Gasteiger partial charge < -0.3 is 5.32 Å². The van der Waals surface area contributed by atoms with Crippen LogP contribution in [-0.4, -0.2) is 43.1 Å². The lowest BCUT2D eigenvalue weighted by atomic mass is 9.91. The summed E-state index contributed by atoms with van der Waals surface area (Å²) in [5.41, 5.74) is 2.24. The van der Waals surface area contributed by atoms with Crippen LogP contribution in [0, 0.1) is 5.92 Å². The molecule has 0 saturated carbocycles. The minimum absolute atomic E-state index is 0.357. The molecular formula is C18H25N3O2S. The summed E-state index contributed by atoms with van der Waals surface area (Å²) in [6.07, 6.45) is 4.95. The van der Waals surface area contributed by atoms with Crippen LogP contribution in [0.4, 0.5) is 0 Å². The number of hydrogen-bond acceptors (Lipinski definition) is 4. The third-order valence-corrected chi connectivity index (χ3v) is 6.20. The third kappa shape index (κ3) is 3.94. The van der Waals surface area contributed by atoms with Gasteiger partial charge in [-0.25, -0.2) is 12.7 Å². The number of nitrogens with one attached hydrogen (secondary N) is 1. The van der Waals surface area contributed by atoms with Crippen molar-refractivity contribution in [3.05, 3.63) is 42.1 Å². The Labute approximate surface area is 144 Å². The van der Waals surface area contributed by atoms with E-state index >= 15 is 0 Å². The minimum atomic E-state index is -3.09. The topological polar surface area (TPSA) is 62.3 Å². The number of sulfonamides is 1. The van der Waals surface area contributed by atoms with Crippen molar-refractivity contribution in [2.24, 2.45) is 5.92 Å². The SMILES string of the molecule is CC[C@@H]1CN(S(C)(=O)=O)CC[C@@H]1NCc1ccc2ncccc2c1. The largest absolute Gasteiger partial charge is 0.310 e. The van der Waals surface area contributed by atoms with Gasteiger partial charge in [0.2, 0.25) is 10.0 Å². The molecule has 2 heterocycles. The maximum absolute atomic E-state index is 11.8. The Morgan fingerprint density at radius 1 is 1.33 bits per heavy atom. The van der Waals surface area contributed by atoms with Gasteiger partial charge in [0.15, 0.2) is 0 Å². The minimum Gasteiger partial charge on any atom is -0.310 e. The first-order chi connectivity index (χ1) is 11.5. The van der Waals surface area contributed by atoms with E-state index in [2.05, 4.69) is 41.5 Å². The molecule has 1 aromatic heterocycles. The fraction of sp³-hybridized carbons (Fsp3) is 0.500. The summed E-state index contributed by atoms with van der Waals surface area (Å²) < 4.78 is 25.1. The van der Waals surface area contributed by atoms with Crippen LogP contribution >= 0.6 is 0 Å². The van der Waals surface area contributed by atoms with Crippen molar-refractivity contribution in [3.63, 3.8) is 0 Å². The van der Waals surface area contributed by atoms with Gasteiger partial charge in [0.05, 0.1) is 11.8 Å². The molecule has 2 aromatic rings. The van der Waals surface area contributed by atoms with Crippen LogP contribution in [0.25, 0.3) is 10.9 Å². The van der Waals surface area contributed by atoms with Gasteiger partial charge in [-0.15, -0.1) is 0 Å². The van der Waals surface area contributed by atoms with Crippen LogP contribution < -0.4 is 5.32 Å². The van der Waals surface area contributed by atoms with Crippen molar-refractivity contribution in [2.75, 3.05) is 19.3 Å². The third-order valence-electron chi connectivity index (χ3n) is 4.93. The van der Waals surface area contributed by atoms with E-state index in [0.29, 0.717) is 25.0 Å². The van der Waals surface area contributed by atoms with E-state index in [1.807, 2.05) is 12.3 Å². The van der Waals surface area contributed by atoms with Crippen LogP contribution in [0.2, 0.25) is 0 Å². The predicted molar refractivity (Wildman–Crippen MR) is 97.2 cm³/mol. The highest BCUT2D eigenvalue weighted by Crippen LogP contribution is 2.23. The predicted octanol–water partition coefficient (Wildman–Crippen LogP) is 2.38. The quantitative estimate of drug-likeness (QED) is 0.902. The molecule has 1 N–H and O–H groups in total. The molecule has 130 valence electrons. The second kappa shape index (κ2) is 7.17. The molecule has 1 aliphatic heterocycles. The normalized spacial score (nSPS) is 22.8. The Kier molecular flexibility index (Phi) is 5.18. The van der Waals surface area contributed by atoms with Gasteiger partial charge in [-0.2, -0.15) is 0 Å². The fourth-order valence-corrected chi connectivity index (χ4v) is 4.37. The smallest absolute Gasteiger partial charge is 0.211 e. The summed E-state index contributed by atoms with van der Waals surface area (Å²) in [5, 5.41) is 4.78. The lowest BCUT2D eigenvalue weighted by Gasteiger charge is -2.37. The summed E-state index contributed by atoms with van der Waals surface area (Å²) in [6.45, 7) is 4.15. The summed E-state index contributed by atoms with van der Waals surface area (Å²) >= 11 is 0. The van der Waals surface area contributed by atoms with Crippen molar-refractivity contribution >= 4 is 20.9 Å². The molecule has 3 rings (SSSR count). The molecule has 0 spiro atoms. The number of piperidine rings is 1. The Morgan fingerprint density at radius 3 is 2.92 bits per heavy atom. The number of fused-ring (bicyclic) bond motifs is 1. The van der Waals surface area contributed by atoms with Crippen LogP contribution in [0.1, 0.15) is 25.3 Å². The van der Waals surface area contributed by atoms with Crippen LogP contribution in [-0.2, 0) is 16.6 Å². The Hall–Kier alpha value is -1.50. The Balaban J connectivity index is 1.64. The second-order valence-corrected chi connectivity index (χ2v) is 8.58. The first-order valence-corrected chi connectivity index (χ1v) is 10.3. The molecule has 0 radical (unpaired) electrons. The number of aromatic nitrogens is 1. The molecule has 1 saturated heterocycles. The first-order valence-electron chi connectivity index (χ1n) is 8.49. The molecule has 1 aliphatic rings. The van der Waals surface area contributed by atoms with E-state index in [4.69, 9.17) is 0 Å². The highest BCUT2D eigenvalue weighted by atomic mass is 32.2. The zero-order valence-corrected chi connectivity index (χ0v) is 15.1. The summed E-state index contributed by atoms with van der Waals surface area (Å²) in [7, 11) is -3.09. The van der Waals surface area contributed by atoms with E-state index in [0.717, 1.165) is 30.3 Å². The highest BCUT2D eigenvalue weighted by molar-refractivity contribution is 7.88. The van der Waals surface area contributed by atoms with Gasteiger partial charge in [0.1, 0.15) is 0 Å². The molecule has 0 bridgehead atoms. The molecule has 0 aliphatic carbocycles. The molecule has 0 unspecified atom stereocenters. The van der Waals surface area contributed by atoms with Gasteiger partial charge in [-0.05, 0) is 36.1 Å². The number of nitrogens with zero attached hydrogens (tertiary/aromatic N) is 2. The Morgan fingerprint density at radius 2 is 2.17 bits per heavy atom. The van der Waals surface area contributed by atoms with Crippen molar-refractivity contribution in [1.82, 2.24) is 14.6 Å². The molecule has 2 atom stereocenters. The summed E-state index contributed by atoms with van der Waals surface area (Å²) in [6, 6.07) is 10.7. The average Bonchev–Trinajstić information content (AvgIpc) is 2.58. The molecule has 1 fully saturated rings. The van der Waals surface area contributed by atoms with E-state index in [9.17, 15) is 8.42 Å². The van der Waals surface area contributed by atoms with E-state index in [-0.39, 0.29) is 0 Å². The number of pyridine rings is 1. The summed E-state index contributed by atoms with van der Waals surface area (Å²) in [4.78, 5) is 4.35. The number of hydrogen-bond donors (Lipinski definition) is 1. The van der Waals surface area contributed by atoms with Gasteiger partial charge in [-0.1, -0.05) is 25.5 Å². The molecule has 5 nitrogen and oxygen atoms in total. The first kappa shape index (κ1) is 17.3. The standard InChI is InChI=1S/C18H25N3O2S/c1-3-15-13-21(24(2,22)23)10-8-18(15)20-12-14-6-7-17-16(11-14)5-4-9-19-17/h4-7,9,11,15,18,20H,3,8,10,12-13H2,1-2H3/t15-,18+/m1/s1. The van der Waals surface area contributed by atoms with Crippen molar-refractivity contribution in [1.29, 1.82) is 0 Å². The average molecular weight is 347 g/mol. The van der Waals surface area contributed by atoms with E-state index in [1.165, 1.54) is 11.8 Å². The molecule has 6 heteroatoms. The lowest BCUT2D eigenvalue weighted by Crippen LogP contribution is -2.50. The van der Waals surface area contributed by atoms with Crippen molar-refractivity contribution < 1.29 is 8.42 Å². The lowest BCUT2D eigenvalue weighted by molar-refractivity contribution is 0.202. The fourth-order valence-electron chi connectivity index (χ4n) is 3.47. The van der Waals surface area contributed by atoms with E-state index in [1.54, 1.807) is 4.31 Å². The van der Waals surface area contributed by atoms with Gasteiger partial charge in [0.25, 0.3) is 0 Å². The monoisotopic (exact) mass is 347 g/mol. The van der Waals surface area contributed by atoms with Gasteiger partial charge in [0, 0.05) is 37.3 Å². The maximum Gasteiger partial charge on any atom is 0.211 e. The van der Waals surface area contributed by atoms with Crippen LogP contribution in [0.5, 0.6) is 0 Å². The van der Waals surface area contributed by atoms with Crippen LogP contribution in [0.15, 0.2) is 36.5 Å². The number of benzene rings is 1. The zero-order valence-electron chi connectivity index (χ0n) is 14.3. The Bertz CT molecular complexity index is 807. The molecule has 24 heavy (non-hydrogen) atoms. The van der Waals surface area contributed by atoms with Crippen molar-refractivity contribution in [3.8, 4) is 0 Å². The molecule has 1 aromatic carbocycles. The number of rotatable bonds is 5. The van der Waals surface area contributed by atoms with Gasteiger partial charge >= 0.3 is 0 Å². The zero-order chi connectivity index (χ0) is 17.2. The van der Waals surface area contributed by atoms with Crippen molar-refractivity contribution in [2.45, 2.75) is 32.4 Å². The van der Waals surface area contributed by atoms with Gasteiger partial charge in [-0.3, -0.25) is 4.98 Å². The maximum atomic E-state index is 11.8. The highest BCUT2D eigenvalue weighted by Gasteiger charge is 2.31. The van der Waals surface area contributed by atoms with Crippen LogP contribution in [0.3, 0.4) is 0 Å².